The molecule has 1 aliphatic heterocycles. The predicted molar refractivity (Wildman–Crippen MR) is 101 cm³/mol. The van der Waals surface area contributed by atoms with Crippen molar-refractivity contribution in [1.82, 2.24) is 0 Å². The van der Waals surface area contributed by atoms with Crippen LogP contribution in [0.4, 0.5) is 5.69 Å². The van der Waals surface area contributed by atoms with Crippen molar-refractivity contribution in [3.63, 3.8) is 0 Å². The Hall–Kier alpha value is -2.73. The number of esters is 2. The minimum absolute atomic E-state index is 0.177. The smallest absolute Gasteiger partial charge is 0.347 e. The number of halogens is 1. The van der Waals surface area contributed by atoms with Gasteiger partial charge in [0.1, 0.15) is 11.5 Å². The van der Waals surface area contributed by atoms with E-state index in [1.807, 2.05) is 12.1 Å². The first-order valence-corrected chi connectivity index (χ1v) is 8.99. The molecule has 1 unspecified atom stereocenters. The van der Waals surface area contributed by atoms with Crippen molar-refractivity contribution >= 4 is 29.2 Å². The molecule has 3 rings (SSSR count). The normalized spacial score (nSPS) is 16.9. The SMILES string of the molecule is CCOC(=O)[C@@H](C)Oc1ccc2c(c1)OC(=O)CC2c1ccc(N)cc1Cl. The van der Waals surface area contributed by atoms with Crippen LogP contribution in [0.2, 0.25) is 5.02 Å². The fourth-order valence-corrected chi connectivity index (χ4v) is 3.34. The number of hydrogen-bond acceptors (Lipinski definition) is 6. The number of benzene rings is 2. The molecule has 0 aromatic heterocycles. The molecule has 0 aliphatic carbocycles. The van der Waals surface area contributed by atoms with Crippen molar-refractivity contribution in [2.24, 2.45) is 0 Å². The van der Waals surface area contributed by atoms with Gasteiger partial charge in [0.25, 0.3) is 0 Å². The predicted octanol–water partition coefficient (Wildman–Crippen LogP) is 3.69. The van der Waals surface area contributed by atoms with Crippen LogP contribution in [0.25, 0.3) is 0 Å². The van der Waals surface area contributed by atoms with E-state index >= 15 is 0 Å². The second kappa shape index (κ2) is 7.88. The van der Waals surface area contributed by atoms with Gasteiger partial charge < -0.3 is 19.9 Å². The molecule has 0 fully saturated rings. The zero-order valence-electron chi connectivity index (χ0n) is 15.0. The molecular weight excluding hydrogens is 370 g/mol. The van der Waals surface area contributed by atoms with E-state index in [1.165, 1.54) is 0 Å². The molecule has 2 N–H and O–H groups in total. The molecule has 0 amide bonds. The van der Waals surface area contributed by atoms with Crippen LogP contribution >= 0.6 is 11.6 Å². The van der Waals surface area contributed by atoms with Crippen LogP contribution in [-0.4, -0.2) is 24.6 Å². The van der Waals surface area contributed by atoms with E-state index in [-0.39, 0.29) is 24.9 Å². The third-order valence-electron chi connectivity index (χ3n) is 4.29. The molecular formula is C20H20ClNO5. The lowest BCUT2D eigenvalue weighted by molar-refractivity contribution is -0.150. The summed E-state index contributed by atoms with van der Waals surface area (Å²) in [5, 5.41) is 0.497. The number of nitrogen functional groups attached to an aromatic ring is 1. The molecule has 0 radical (unpaired) electrons. The maximum atomic E-state index is 12.1. The van der Waals surface area contributed by atoms with Gasteiger partial charge in [-0.05, 0) is 37.6 Å². The first-order chi connectivity index (χ1) is 12.9. The van der Waals surface area contributed by atoms with Gasteiger partial charge in [0.05, 0.1) is 13.0 Å². The molecule has 0 bridgehead atoms. The molecule has 7 heteroatoms. The maximum Gasteiger partial charge on any atom is 0.347 e. The van der Waals surface area contributed by atoms with Crippen LogP contribution in [0.15, 0.2) is 36.4 Å². The third-order valence-corrected chi connectivity index (χ3v) is 4.61. The zero-order valence-corrected chi connectivity index (χ0v) is 15.8. The molecule has 1 aliphatic rings. The number of carbonyl (C=O) groups is 2. The summed E-state index contributed by atoms with van der Waals surface area (Å²) in [6, 6.07) is 10.4. The molecule has 1 heterocycles. The van der Waals surface area contributed by atoms with Gasteiger partial charge in [0.2, 0.25) is 0 Å². The van der Waals surface area contributed by atoms with Crippen LogP contribution < -0.4 is 15.2 Å². The van der Waals surface area contributed by atoms with Gasteiger partial charge in [0.15, 0.2) is 6.10 Å². The van der Waals surface area contributed by atoms with E-state index in [9.17, 15) is 9.59 Å². The molecule has 2 aromatic carbocycles. The van der Waals surface area contributed by atoms with Gasteiger partial charge in [0, 0.05) is 28.3 Å². The minimum atomic E-state index is -0.773. The van der Waals surface area contributed by atoms with Gasteiger partial charge in [-0.1, -0.05) is 23.7 Å². The van der Waals surface area contributed by atoms with Gasteiger partial charge in [-0.25, -0.2) is 4.79 Å². The van der Waals surface area contributed by atoms with Crippen LogP contribution in [0.1, 0.15) is 37.3 Å². The van der Waals surface area contributed by atoms with Crippen LogP contribution in [0.5, 0.6) is 11.5 Å². The quantitative estimate of drug-likeness (QED) is 0.476. The highest BCUT2D eigenvalue weighted by Crippen LogP contribution is 2.42. The highest BCUT2D eigenvalue weighted by Gasteiger charge is 2.30. The number of hydrogen-bond donors (Lipinski definition) is 1. The lowest BCUT2D eigenvalue weighted by Gasteiger charge is -2.26. The Morgan fingerprint density at radius 1 is 1.30 bits per heavy atom. The second-order valence-electron chi connectivity index (χ2n) is 6.22. The Morgan fingerprint density at radius 2 is 2.04 bits per heavy atom. The summed E-state index contributed by atoms with van der Waals surface area (Å²) in [7, 11) is 0. The molecule has 0 saturated carbocycles. The summed E-state index contributed by atoms with van der Waals surface area (Å²) in [6.45, 7) is 3.60. The summed E-state index contributed by atoms with van der Waals surface area (Å²) in [4.78, 5) is 23.8. The topological polar surface area (TPSA) is 87.9 Å². The molecule has 27 heavy (non-hydrogen) atoms. The van der Waals surface area contributed by atoms with E-state index in [0.717, 1.165) is 11.1 Å². The van der Waals surface area contributed by atoms with Crippen molar-refractivity contribution in [2.45, 2.75) is 32.3 Å². The van der Waals surface area contributed by atoms with Crippen LogP contribution in [-0.2, 0) is 14.3 Å². The molecule has 142 valence electrons. The van der Waals surface area contributed by atoms with Crippen molar-refractivity contribution in [3.05, 3.63) is 52.5 Å². The number of nitrogens with two attached hydrogens (primary N) is 1. The maximum absolute atomic E-state index is 12.1. The monoisotopic (exact) mass is 389 g/mol. The number of fused-ring (bicyclic) bond motifs is 1. The average Bonchev–Trinajstić information content (AvgIpc) is 2.61. The standard InChI is InChI=1S/C20H20ClNO5/c1-3-25-20(24)11(2)26-13-5-7-15-16(10-19(23)27-18(15)9-13)14-6-4-12(22)8-17(14)21/h4-9,11,16H,3,10,22H2,1-2H3/t11-,16?/m1/s1. The summed E-state index contributed by atoms with van der Waals surface area (Å²) in [6.07, 6.45) is -0.597. The van der Waals surface area contributed by atoms with Crippen molar-refractivity contribution in [1.29, 1.82) is 0 Å². The van der Waals surface area contributed by atoms with E-state index in [4.69, 9.17) is 31.5 Å². The van der Waals surface area contributed by atoms with Gasteiger partial charge >= 0.3 is 11.9 Å². The van der Waals surface area contributed by atoms with Gasteiger partial charge in [-0.15, -0.1) is 0 Å². The lowest BCUT2D eigenvalue weighted by atomic mass is 9.86. The van der Waals surface area contributed by atoms with Crippen LogP contribution in [0.3, 0.4) is 0 Å². The van der Waals surface area contributed by atoms with E-state index in [0.29, 0.717) is 22.2 Å². The Bertz CT molecular complexity index is 883. The molecule has 0 spiro atoms. The third kappa shape index (κ3) is 4.17. The highest BCUT2D eigenvalue weighted by atomic mass is 35.5. The van der Waals surface area contributed by atoms with E-state index in [1.54, 1.807) is 38.1 Å². The summed E-state index contributed by atoms with van der Waals surface area (Å²) >= 11 is 6.33. The number of anilines is 1. The Labute approximate surface area is 162 Å². The highest BCUT2D eigenvalue weighted by molar-refractivity contribution is 6.31. The van der Waals surface area contributed by atoms with Crippen molar-refractivity contribution in [2.75, 3.05) is 12.3 Å². The fourth-order valence-electron chi connectivity index (χ4n) is 3.02. The van der Waals surface area contributed by atoms with Crippen LogP contribution in [0, 0.1) is 0 Å². The van der Waals surface area contributed by atoms with Crippen molar-refractivity contribution in [3.8, 4) is 11.5 Å². The molecule has 0 saturated heterocycles. The summed E-state index contributed by atoms with van der Waals surface area (Å²) in [5.41, 5.74) is 7.94. The average molecular weight is 390 g/mol. The summed E-state index contributed by atoms with van der Waals surface area (Å²) in [5.74, 6) is -0.274. The van der Waals surface area contributed by atoms with Gasteiger partial charge in [-0.2, -0.15) is 0 Å². The summed E-state index contributed by atoms with van der Waals surface area (Å²) < 4.78 is 15.9. The first-order valence-electron chi connectivity index (χ1n) is 8.62. The molecule has 2 aromatic rings. The second-order valence-corrected chi connectivity index (χ2v) is 6.63. The lowest BCUT2D eigenvalue weighted by Crippen LogP contribution is -2.26. The fraction of sp³-hybridized carbons (Fsp3) is 0.300. The molecule has 2 atom stereocenters. The number of ether oxygens (including phenoxy) is 3. The Morgan fingerprint density at radius 3 is 2.74 bits per heavy atom. The number of carbonyl (C=O) groups excluding carboxylic acids is 2. The van der Waals surface area contributed by atoms with E-state index in [2.05, 4.69) is 0 Å². The molecule has 6 nitrogen and oxygen atoms in total. The minimum Gasteiger partial charge on any atom is -0.479 e. The number of rotatable bonds is 5. The van der Waals surface area contributed by atoms with Gasteiger partial charge in [-0.3, -0.25) is 4.79 Å². The largest absolute Gasteiger partial charge is 0.479 e. The Balaban J connectivity index is 1.90. The zero-order chi connectivity index (χ0) is 19.6. The van der Waals surface area contributed by atoms with Crippen molar-refractivity contribution < 1.29 is 23.8 Å². The van der Waals surface area contributed by atoms with E-state index < -0.39 is 12.1 Å². The first kappa shape index (κ1) is 19.0. The Kier molecular flexibility index (Phi) is 5.56.